The third-order valence-corrected chi connectivity index (χ3v) is 9.11. The molecule has 1 amide bonds. The van der Waals surface area contributed by atoms with Crippen LogP contribution in [0.4, 0.5) is 5.69 Å². The summed E-state index contributed by atoms with van der Waals surface area (Å²) in [5.41, 5.74) is 0.666. The number of ketones is 1. The Kier molecular flexibility index (Phi) is 8.00. The highest BCUT2D eigenvalue weighted by Crippen LogP contribution is 2.43. The number of carbonyl (C=O) groups is 2. The molecule has 2 N–H and O–H groups in total. The van der Waals surface area contributed by atoms with Crippen molar-refractivity contribution in [1.29, 1.82) is 0 Å². The number of benzene rings is 3. The standard InChI is InChI=1S/C26H29N2O2P/c1-3-4-20-27-31(23-16-10-6-11-17-23,24-18-12-7-13-19-24)25(21(2)29)26(30)28-22-14-8-5-9-15-22/h5-19,27H,3-4,20H2,1-2H3,(H,28,30). The third-order valence-electron chi connectivity index (χ3n) is 5.08. The number of nitrogens with one attached hydrogen (secondary N) is 2. The molecule has 5 heteroatoms. The summed E-state index contributed by atoms with van der Waals surface area (Å²) in [6.07, 6.45) is 1.97. The minimum absolute atomic E-state index is 0.224. The van der Waals surface area contributed by atoms with Crippen LogP contribution in [-0.2, 0) is 9.59 Å². The van der Waals surface area contributed by atoms with Crippen LogP contribution in [-0.4, -0.2) is 23.5 Å². The number of unbranched alkanes of at least 4 members (excludes halogenated alkanes) is 1. The molecule has 3 aromatic carbocycles. The van der Waals surface area contributed by atoms with E-state index in [1.807, 2.05) is 91.0 Å². The summed E-state index contributed by atoms with van der Waals surface area (Å²) in [6, 6.07) is 29.1. The zero-order valence-electron chi connectivity index (χ0n) is 18.0. The van der Waals surface area contributed by atoms with Crippen molar-refractivity contribution in [3.05, 3.63) is 91.0 Å². The van der Waals surface area contributed by atoms with Gasteiger partial charge in [-0.05, 0) is 42.6 Å². The normalized spacial score (nSPS) is 11.0. The van der Waals surface area contributed by atoms with Crippen molar-refractivity contribution < 1.29 is 9.59 Å². The molecule has 0 aliphatic rings. The summed E-state index contributed by atoms with van der Waals surface area (Å²) in [6.45, 7) is 4.33. The number of Topliss-reactive ketones (excluding diaryl/α,β-unsaturated/α-hetero) is 1. The lowest BCUT2D eigenvalue weighted by Gasteiger charge is -2.32. The van der Waals surface area contributed by atoms with E-state index in [-0.39, 0.29) is 17.0 Å². The molecule has 0 heterocycles. The minimum atomic E-state index is -2.68. The molecule has 0 bridgehead atoms. The highest BCUT2D eigenvalue weighted by Gasteiger charge is 2.33. The highest BCUT2D eigenvalue weighted by atomic mass is 31.2. The van der Waals surface area contributed by atoms with E-state index in [2.05, 4.69) is 17.3 Å². The molecule has 31 heavy (non-hydrogen) atoms. The van der Waals surface area contributed by atoms with Crippen molar-refractivity contribution in [3.63, 3.8) is 0 Å². The van der Waals surface area contributed by atoms with Gasteiger partial charge in [-0.1, -0.05) is 92.2 Å². The molecule has 0 aromatic heterocycles. The van der Waals surface area contributed by atoms with Gasteiger partial charge in [0.15, 0.2) is 5.78 Å². The van der Waals surface area contributed by atoms with Crippen LogP contribution in [0.25, 0.3) is 0 Å². The second kappa shape index (κ2) is 10.9. The highest BCUT2D eigenvalue weighted by molar-refractivity contribution is 7.90. The number of rotatable bonds is 9. The maximum Gasteiger partial charge on any atom is 0.261 e. The SMILES string of the molecule is CCCCNP(=C(C(C)=O)C(=O)Nc1ccccc1)(c1ccccc1)c1ccccc1. The molecule has 0 radical (unpaired) electrons. The van der Waals surface area contributed by atoms with E-state index in [4.69, 9.17) is 0 Å². The molecule has 3 rings (SSSR count). The minimum Gasteiger partial charge on any atom is -0.322 e. The summed E-state index contributed by atoms with van der Waals surface area (Å²) in [5.74, 6) is -0.581. The number of amides is 1. The van der Waals surface area contributed by atoms with Crippen LogP contribution < -0.4 is 21.0 Å². The van der Waals surface area contributed by atoms with Gasteiger partial charge in [-0.3, -0.25) is 14.7 Å². The van der Waals surface area contributed by atoms with E-state index in [1.54, 1.807) is 0 Å². The summed E-state index contributed by atoms with van der Waals surface area (Å²) in [4.78, 5) is 26.7. The molecule has 0 unspecified atom stereocenters. The van der Waals surface area contributed by atoms with E-state index in [1.165, 1.54) is 6.92 Å². The molecular weight excluding hydrogens is 403 g/mol. The molecule has 0 atom stereocenters. The molecule has 0 aliphatic heterocycles. The van der Waals surface area contributed by atoms with Gasteiger partial charge in [0.05, 0.1) is 0 Å². The Bertz CT molecular complexity index is 1020. The fourth-order valence-corrected chi connectivity index (χ4v) is 7.56. The summed E-state index contributed by atoms with van der Waals surface area (Å²) >= 11 is 0. The predicted octanol–water partition coefficient (Wildman–Crippen LogP) is 4.36. The molecule has 0 saturated carbocycles. The number of hydrogen-bond acceptors (Lipinski definition) is 3. The molecular formula is C26H29N2O2P. The third kappa shape index (κ3) is 5.22. The van der Waals surface area contributed by atoms with Crippen LogP contribution >= 0.6 is 7.04 Å². The molecule has 3 aromatic rings. The number of para-hydroxylation sites is 1. The lowest BCUT2D eigenvalue weighted by molar-refractivity contribution is -0.114. The van der Waals surface area contributed by atoms with Crippen molar-refractivity contribution in [2.75, 3.05) is 11.9 Å². The molecule has 160 valence electrons. The number of carbonyl (C=O) groups excluding carboxylic acids is 2. The lowest BCUT2D eigenvalue weighted by Crippen LogP contribution is -2.40. The Morgan fingerprint density at radius 1 is 0.774 bits per heavy atom. The van der Waals surface area contributed by atoms with E-state index in [9.17, 15) is 9.59 Å². The van der Waals surface area contributed by atoms with Gasteiger partial charge in [-0.25, -0.2) is 0 Å². The van der Waals surface area contributed by atoms with Crippen molar-refractivity contribution in [2.45, 2.75) is 26.7 Å². The first-order valence-corrected chi connectivity index (χ1v) is 12.4. The Hall–Kier alpha value is -2.94. The first-order valence-electron chi connectivity index (χ1n) is 10.6. The van der Waals surface area contributed by atoms with Gasteiger partial charge in [0.2, 0.25) is 0 Å². The molecule has 0 saturated heterocycles. The zero-order chi connectivity index (χ0) is 22.1. The van der Waals surface area contributed by atoms with Gasteiger partial charge in [-0.15, -0.1) is 0 Å². The maximum atomic E-state index is 13.6. The van der Waals surface area contributed by atoms with Crippen molar-refractivity contribution >= 4 is 40.3 Å². The quantitative estimate of drug-likeness (QED) is 0.300. The van der Waals surface area contributed by atoms with Crippen LogP contribution in [0.2, 0.25) is 0 Å². The molecule has 0 spiro atoms. The van der Waals surface area contributed by atoms with E-state index < -0.39 is 7.04 Å². The van der Waals surface area contributed by atoms with Crippen molar-refractivity contribution in [3.8, 4) is 0 Å². The van der Waals surface area contributed by atoms with E-state index in [0.29, 0.717) is 12.2 Å². The molecule has 0 aliphatic carbocycles. The van der Waals surface area contributed by atoms with Crippen molar-refractivity contribution in [2.24, 2.45) is 0 Å². The number of anilines is 1. The largest absolute Gasteiger partial charge is 0.322 e. The fourth-order valence-electron chi connectivity index (χ4n) is 3.66. The first-order chi connectivity index (χ1) is 15.1. The maximum absolute atomic E-state index is 13.6. The van der Waals surface area contributed by atoms with Gasteiger partial charge in [0, 0.05) is 12.7 Å². The zero-order valence-corrected chi connectivity index (χ0v) is 18.9. The lowest BCUT2D eigenvalue weighted by atomic mass is 10.2. The average molecular weight is 433 g/mol. The van der Waals surface area contributed by atoms with Crippen LogP contribution in [0.5, 0.6) is 0 Å². The molecule has 0 fully saturated rings. The van der Waals surface area contributed by atoms with Gasteiger partial charge < -0.3 is 5.32 Å². The fraction of sp³-hybridized carbons (Fsp3) is 0.192. The van der Waals surface area contributed by atoms with Gasteiger partial charge in [0.25, 0.3) is 5.91 Å². The average Bonchev–Trinajstić information content (AvgIpc) is 2.80. The summed E-state index contributed by atoms with van der Waals surface area (Å²) in [5, 5.41) is 8.87. The first kappa shape index (κ1) is 22.7. The second-order valence-corrected chi connectivity index (χ2v) is 10.5. The monoisotopic (exact) mass is 432 g/mol. The topological polar surface area (TPSA) is 58.2 Å². The predicted molar refractivity (Wildman–Crippen MR) is 133 cm³/mol. The van der Waals surface area contributed by atoms with Gasteiger partial charge in [-0.2, -0.15) is 0 Å². The summed E-state index contributed by atoms with van der Waals surface area (Å²) in [7, 11) is -2.68. The Labute approximate surface area is 184 Å². The number of hydrogen-bond donors (Lipinski definition) is 2. The molecule has 4 nitrogen and oxygen atoms in total. The van der Waals surface area contributed by atoms with Crippen LogP contribution in [0.15, 0.2) is 91.0 Å². The Balaban J connectivity index is 2.32. The second-order valence-electron chi connectivity index (χ2n) is 7.33. The Morgan fingerprint density at radius 2 is 1.26 bits per heavy atom. The van der Waals surface area contributed by atoms with Crippen LogP contribution in [0.3, 0.4) is 0 Å². The smallest absolute Gasteiger partial charge is 0.261 e. The van der Waals surface area contributed by atoms with E-state index in [0.717, 1.165) is 23.5 Å². The van der Waals surface area contributed by atoms with Crippen LogP contribution in [0, 0.1) is 0 Å². The van der Waals surface area contributed by atoms with Crippen LogP contribution in [0.1, 0.15) is 26.7 Å². The van der Waals surface area contributed by atoms with E-state index >= 15 is 0 Å². The van der Waals surface area contributed by atoms with Gasteiger partial charge >= 0.3 is 0 Å². The Morgan fingerprint density at radius 3 is 1.71 bits per heavy atom. The summed E-state index contributed by atoms with van der Waals surface area (Å²) < 4.78 is 0. The van der Waals surface area contributed by atoms with Gasteiger partial charge in [0.1, 0.15) is 5.29 Å². The van der Waals surface area contributed by atoms with Crippen molar-refractivity contribution in [1.82, 2.24) is 5.09 Å².